The van der Waals surface area contributed by atoms with Gasteiger partial charge in [-0.15, -0.1) is 11.3 Å². The fourth-order valence-electron chi connectivity index (χ4n) is 2.72. The maximum absolute atomic E-state index is 9.66. The first-order chi connectivity index (χ1) is 11.7. The van der Waals surface area contributed by atoms with Crippen LogP contribution in [0.3, 0.4) is 0 Å². The van der Waals surface area contributed by atoms with E-state index < -0.39 is 0 Å². The van der Waals surface area contributed by atoms with Crippen molar-refractivity contribution in [1.82, 2.24) is 4.98 Å². The molecule has 4 aromatic rings. The molecule has 3 aromatic carbocycles. The fraction of sp³-hybridized carbons (Fsp3) is 0.0500. The number of rotatable bonds is 3. The molecule has 0 saturated carbocycles. The number of aromatic nitrogens is 1. The third-order valence-electron chi connectivity index (χ3n) is 3.92. The summed E-state index contributed by atoms with van der Waals surface area (Å²) < 4.78 is 6.31. The largest absolute Gasteiger partial charge is 0.504 e. The van der Waals surface area contributed by atoms with Crippen molar-refractivity contribution in [1.29, 1.82) is 0 Å². The van der Waals surface area contributed by atoms with Crippen LogP contribution < -0.4 is 4.74 Å². The molecule has 0 atom stereocenters. The van der Waals surface area contributed by atoms with Gasteiger partial charge in [-0.2, -0.15) is 0 Å². The Morgan fingerprint density at radius 1 is 1.04 bits per heavy atom. The monoisotopic (exact) mass is 333 g/mol. The quantitative estimate of drug-likeness (QED) is 0.551. The summed E-state index contributed by atoms with van der Waals surface area (Å²) in [6.45, 7) is 0. The van der Waals surface area contributed by atoms with E-state index in [1.54, 1.807) is 30.6 Å². The molecule has 118 valence electrons. The molecule has 0 saturated heterocycles. The van der Waals surface area contributed by atoms with Crippen molar-refractivity contribution < 1.29 is 9.84 Å². The van der Waals surface area contributed by atoms with Gasteiger partial charge in [0, 0.05) is 5.39 Å². The molecular weight excluding hydrogens is 318 g/mol. The molecule has 24 heavy (non-hydrogen) atoms. The van der Waals surface area contributed by atoms with Crippen LogP contribution in [0.1, 0.15) is 10.6 Å². The lowest BCUT2D eigenvalue weighted by Crippen LogP contribution is -1.84. The van der Waals surface area contributed by atoms with Gasteiger partial charge >= 0.3 is 0 Å². The molecule has 4 rings (SSSR count). The number of ether oxygens (including phenoxy) is 1. The minimum atomic E-state index is 0.140. The van der Waals surface area contributed by atoms with Gasteiger partial charge in [0.25, 0.3) is 0 Å². The Bertz CT molecular complexity index is 1070. The van der Waals surface area contributed by atoms with Gasteiger partial charge in [0.1, 0.15) is 5.01 Å². The molecule has 1 N–H and O–H groups in total. The van der Waals surface area contributed by atoms with Crippen molar-refractivity contribution >= 4 is 44.5 Å². The second kappa shape index (κ2) is 5.98. The lowest BCUT2D eigenvalue weighted by Gasteiger charge is -2.03. The zero-order valence-electron chi connectivity index (χ0n) is 13.1. The first-order valence-electron chi connectivity index (χ1n) is 7.58. The standard InChI is InChI=1S/C20H15NO2S/c1-23-17-12-13(6-9-16(17)22)7-11-19-21-20-15-5-3-2-4-14(15)8-10-18(20)24-19/h2-12,22H,1H3. The van der Waals surface area contributed by atoms with Gasteiger partial charge in [0.15, 0.2) is 11.5 Å². The highest BCUT2D eigenvalue weighted by Gasteiger charge is 2.06. The third kappa shape index (κ3) is 2.61. The van der Waals surface area contributed by atoms with Crippen LogP contribution in [0.15, 0.2) is 54.6 Å². The minimum absolute atomic E-state index is 0.140. The molecule has 1 heterocycles. The number of nitrogens with zero attached hydrogens (tertiary/aromatic N) is 1. The molecule has 4 heteroatoms. The number of hydrogen-bond acceptors (Lipinski definition) is 4. The van der Waals surface area contributed by atoms with E-state index in [4.69, 9.17) is 9.72 Å². The van der Waals surface area contributed by atoms with Crippen LogP contribution in [0.5, 0.6) is 11.5 Å². The van der Waals surface area contributed by atoms with E-state index in [-0.39, 0.29) is 5.75 Å². The number of phenols is 1. The van der Waals surface area contributed by atoms with E-state index in [2.05, 4.69) is 24.3 Å². The van der Waals surface area contributed by atoms with Gasteiger partial charge in [-0.3, -0.25) is 0 Å². The highest BCUT2D eigenvalue weighted by molar-refractivity contribution is 7.19. The predicted molar refractivity (Wildman–Crippen MR) is 101 cm³/mol. The maximum atomic E-state index is 9.66. The molecule has 0 bridgehead atoms. The number of fused-ring (bicyclic) bond motifs is 3. The molecule has 0 aliphatic heterocycles. The third-order valence-corrected chi connectivity index (χ3v) is 4.91. The van der Waals surface area contributed by atoms with E-state index in [9.17, 15) is 5.11 Å². The Kier molecular flexibility index (Phi) is 3.67. The van der Waals surface area contributed by atoms with Crippen LogP contribution in [0.25, 0.3) is 33.1 Å². The minimum Gasteiger partial charge on any atom is -0.504 e. The zero-order valence-corrected chi connectivity index (χ0v) is 13.9. The van der Waals surface area contributed by atoms with Crippen LogP contribution in [-0.4, -0.2) is 17.2 Å². The normalized spacial score (nSPS) is 11.5. The number of benzene rings is 3. The topological polar surface area (TPSA) is 42.4 Å². The first-order valence-corrected chi connectivity index (χ1v) is 8.39. The zero-order chi connectivity index (χ0) is 16.5. The smallest absolute Gasteiger partial charge is 0.161 e. The summed E-state index contributed by atoms with van der Waals surface area (Å²) in [4.78, 5) is 4.77. The molecule has 1 aromatic heterocycles. The average Bonchev–Trinajstić information content (AvgIpc) is 3.04. The van der Waals surface area contributed by atoms with Crippen LogP contribution in [0.2, 0.25) is 0 Å². The molecular formula is C20H15NO2S. The van der Waals surface area contributed by atoms with Crippen molar-refractivity contribution in [3.63, 3.8) is 0 Å². The first kappa shape index (κ1) is 14.7. The van der Waals surface area contributed by atoms with Crippen molar-refractivity contribution in [3.05, 3.63) is 65.2 Å². The summed E-state index contributed by atoms with van der Waals surface area (Å²) >= 11 is 1.67. The Morgan fingerprint density at radius 3 is 2.79 bits per heavy atom. The molecule has 3 nitrogen and oxygen atoms in total. The Balaban J connectivity index is 1.73. The van der Waals surface area contributed by atoms with Crippen molar-refractivity contribution in [2.75, 3.05) is 7.11 Å². The van der Waals surface area contributed by atoms with Crippen LogP contribution in [0.4, 0.5) is 0 Å². The van der Waals surface area contributed by atoms with Gasteiger partial charge in [0.05, 0.1) is 17.3 Å². The number of aromatic hydroxyl groups is 1. The number of methoxy groups -OCH3 is 1. The van der Waals surface area contributed by atoms with Crippen molar-refractivity contribution in [2.45, 2.75) is 0 Å². The second-order valence-corrected chi connectivity index (χ2v) is 6.51. The van der Waals surface area contributed by atoms with Crippen LogP contribution >= 0.6 is 11.3 Å². The number of phenolic OH excluding ortho intramolecular Hbond substituents is 1. The van der Waals surface area contributed by atoms with Crippen LogP contribution in [-0.2, 0) is 0 Å². The van der Waals surface area contributed by atoms with E-state index >= 15 is 0 Å². The average molecular weight is 333 g/mol. The van der Waals surface area contributed by atoms with Gasteiger partial charge in [-0.25, -0.2) is 4.98 Å². The van der Waals surface area contributed by atoms with E-state index in [0.29, 0.717) is 5.75 Å². The van der Waals surface area contributed by atoms with Gasteiger partial charge in [-0.1, -0.05) is 42.5 Å². The molecule has 0 unspecified atom stereocenters. The summed E-state index contributed by atoms with van der Waals surface area (Å²) in [5.41, 5.74) is 2.00. The lowest BCUT2D eigenvalue weighted by atomic mass is 10.1. The van der Waals surface area contributed by atoms with Gasteiger partial charge in [-0.05, 0) is 35.2 Å². The summed E-state index contributed by atoms with van der Waals surface area (Å²) in [5, 5.41) is 13.0. The van der Waals surface area contributed by atoms with Crippen molar-refractivity contribution in [3.8, 4) is 11.5 Å². The Hall–Kier alpha value is -2.85. The van der Waals surface area contributed by atoms with E-state index in [0.717, 1.165) is 16.1 Å². The highest BCUT2D eigenvalue weighted by atomic mass is 32.1. The van der Waals surface area contributed by atoms with Gasteiger partial charge in [0.2, 0.25) is 0 Å². The second-order valence-electron chi connectivity index (χ2n) is 5.45. The highest BCUT2D eigenvalue weighted by Crippen LogP contribution is 2.31. The fourth-order valence-corrected chi connectivity index (χ4v) is 3.60. The molecule has 0 aliphatic carbocycles. The predicted octanol–water partition coefficient (Wildman–Crippen LogP) is 5.33. The lowest BCUT2D eigenvalue weighted by molar-refractivity contribution is 0.373. The summed E-state index contributed by atoms with van der Waals surface area (Å²) in [6, 6.07) is 17.8. The summed E-state index contributed by atoms with van der Waals surface area (Å²) in [7, 11) is 1.54. The molecule has 0 spiro atoms. The van der Waals surface area contributed by atoms with Crippen molar-refractivity contribution in [2.24, 2.45) is 0 Å². The van der Waals surface area contributed by atoms with E-state index in [1.165, 1.54) is 15.5 Å². The molecule has 0 radical (unpaired) electrons. The Morgan fingerprint density at radius 2 is 1.92 bits per heavy atom. The number of thiazole rings is 1. The Labute approximate surface area is 143 Å². The maximum Gasteiger partial charge on any atom is 0.161 e. The molecule has 0 fully saturated rings. The molecule has 0 amide bonds. The summed E-state index contributed by atoms with van der Waals surface area (Å²) in [6.07, 6.45) is 3.97. The van der Waals surface area contributed by atoms with E-state index in [1.807, 2.05) is 30.4 Å². The summed E-state index contributed by atoms with van der Waals surface area (Å²) in [5.74, 6) is 0.605. The van der Waals surface area contributed by atoms with Gasteiger partial charge < -0.3 is 9.84 Å². The number of hydrogen-bond donors (Lipinski definition) is 1. The SMILES string of the molecule is COc1cc(C=Cc2nc3c(ccc4ccccc43)s2)ccc1O. The van der Waals surface area contributed by atoms with Crippen LogP contribution in [0, 0.1) is 0 Å². The molecule has 0 aliphatic rings.